The van der Waals surface area contributed by atoms with Crippen LogP contribution in [0.25, 0.3) is 0 Å². The largest absolute Gasteiger partial charge is 0.504 e. The Bertz CT molecular complexity index is 743. The number of hydrogen-bond donors (Lipinski definition) is 3. The van der Waals surface area contributed by atoms with Crippen LogP contribution in [0.4, 0.5) is 5.82 Å². The molecule has 2 heterocycles. The fourth-order valence-corrected chi connectivity index (χ4v) is 2.26. The second-order valence-corrected chi connectivity index (χ2v) is 6.03. The number of aromatic hydroxyl groups is 1. The number of carbonyl (C=O) groups excluding carboxylic acids is 2. The van der Waals surface area contributed by atoms with Gasteiger partial charge in [-0.25, -0.2) is 4.98 Å². The summed E-state index contributed by atoms with van der Waals surface area (Å²) in [5, 5.41) is 19.1. The van der Waals surface area contributed by atoms with Crippen LogP contribution in [0, 0.1) is 5.92 Å². The quantitative estimate of drug-likeness (QED) is 0.699. The summed E-state index contributed by atoms with van der Waals surface area (Å²) in [5.41, 5.74) is 0.988. The van der Waals surface area contributed by atoms with Crippen LogP contribution in [0.3, 0.4) is 0 Å². The third-order valence-electron chi connectivity index (χ3n) is 3.98. The van der Waals surface area contributed by atoms with E-state index in [-0.39, 0.29) is 29.4 Å². The summed E-state index contributed by atoms with van der Waals surface area (Å²) in [7, 11) is 1.82. The molecule has 0 saturated heterocycles. The second-order valence-electron chi connectivity index (χ2n) is 6.03. The van der Waals surface area contributed by atoms with Gasteiger partial charge in [-0.15, -0.1) is 0 Å². The van der Waals surface area contributed by atoms with Gasteiger partial charge < -0.3 is 15.7 Å². The van der Waals surface area contributed by atoms with Crippen molar-refractivity contribution in [3.05, 3.63) is 36.3 Å². The molecule has 3 N–H and O–H groups in total. The summed E-state index contributed by atoms with van der Waals surface area (Å²) in [4.78, 5) is 28.2. The van der Waals surface area contributed by atoms with E-state index in [1.807, 2.05) is 13.2 Å². The molecule has 8 nitrogen and oxygen atoms in total. The molecule has 8 heteroatoms. The number of rotatable bonds is 7. The number of aromatic nitrogens is 3. The van der Waals surface area contributed by atoms with E-state index in [2.05, 4.69) is 20.7 Å². The van der Waals surface area contributed by atoms with Crippen molar-refractivity contribution in [2.24, 2.45) is 13.0 Å². The number of nitrogens with zero attached hydrogens (tertiary/aromatic N) is 3. The number of hydrogen-bond acceptors (Lipinski definition) is 5. The summed E-state index contributed by atoms with van der Waals surface area (Å²) < 4.78 is 1.69. The third-order valence-corrected chi connectivity index (χ3v) is 3.98. The molecule has 0 aromatic carbocycles. The Morgan fingerprint density at radius 1 is 1.36 bits per heavy atom. The Labute approximate surface area is 146 Å². The molecule has 2 aromatic rings. The predicted molar refractivity (Wildman–Crippen MR) is 92.8 cm³/mol. The van der Waals surface area contributed by atoms with Gasteiger partial charge in [0.2, 0.25) is 11.8 Å². The van der Waals surface area contributed by atoms with Gasteiger partial charge in [-0.3, -0.25) is 14.3 Å². The molecule has 25 heavy (non-hydrogen) atoms. The van der Waals surface area contributed by atoms with Crippen molar-refractivity contribution in [2.75, 3.05) is 5.32 Å². The minimum absolute atomic E-state index is 0.101. The first kappa shape index (κ1) is 18.4. The van der Waals surface area contributed by atoms with Crippen LogP contribution in [-0.4, -0.2) is 37.7 Å². The third kappa shape index (κ3) is 5.30. The molecule has 0 spiro atoms. The molecule has 134 valence electrons. The Balaban J connectivity index is 1.82. The molecule has 2 rings (SSSR count). The average molecular weight is 345 g/mol. The Morgan fingerprint density at radius 3 is 2.76 bits per heavy atom. The maximum atomic E-state index is 12.2. The lowest BCUT2D eigenvalue weighted by atomic mass is 10.0. The lowest BCUT2D eigenvalue weighted by Crippen LogP contribution is -2.42. The van der Waals surface area contributed by atoms with Crippen molar-refractivity contribution in [3.8, 4) is 5.75 Å². The van der Waals surface area contributed by atoms with Crippen LogP contribution < -0.4 is 10.6 Å². The Morgan fingerprint density at radius 2 is 2.12 bits per heavy atom. The fraction of sp³-hybridized carbons (Fsp3) is 0.412. The summed E-state index contributed by atoms with van der Waals surface area (Å²) in [6, 6.07) is 2.66. The van der Waals surface area contributed by atoms with Gasteiger partial charge in [-0.05, 0) is 31.0 Å². The normalized spacial score (nSPS) is 13.1. The zero-order valence-corrected chi connectivity index (χ0v) is 14.6. The second kappa shape index (κ2) is 8.27. The van der Waals surface area contributed by atoms with E-state index in [4.69, 9.17) is 0 Å². The van der Waals surface area contributed by atoms with Crippen molar-refractivity contribution in [3.63, 3.8) is 0 Å². The van der Waals surface area contributed by atoms with Crippen LogP contribution >= 0.6 is 0 Å². The summed E-state index contributed by atoms with van der Waals surface area (Å²) in [6.07, 6.45) is 5.99. The molecule has 0 saturated carbocycles. The van der Waals surface area contributed by atoms with Gasteiger partial charge in [0.25, 0.3) is 0 Å². The Hall–Kier alpha value is -2.90. The van der Waals surface area contributed by atoms with Gasteiger partial charge in [0.1, 0.15) is 0 Å². The molecule has 0 aliphatic heterocycles. The van der Waals surface area contributed by atoms with Crippen molar-refractivity contribution < 1.29 is 14.7 Å². The molecular weight excluding hydrogens is 322 g/mol. The maximum Gasteiger partial charge on any atom is 0.230 e. The lowest BCUT2D eigenvalue weighted by Gasteiger charge is -2.20. The average Bonchev–Trinajstić information content (AvgIpc) is 2.99. The fourth-order valence-electron chi connectivity index (χ4n) is 2.26. The van der Waals surface area contributed by atoms with Gasteiger partial charge in [0.15, 0.2) is 11.6 Å². The minimum atomic E-state index is -0.483. The smallest absolute Gasteiger partial charge is 0.230 e. The van der Waals surface area contributed by atoms with E-state index in [0.29, 0.717) is 12.8 Å². The molecule has 0 aliphatic carbocycles. The van der Waals surface area contributed by atoms with E-state index < -0.39 is 5.92 Å². The number of carbonyl (C=O) groups is 2. The highest BCUT2D eigenvalue weighted by atomic mass is 16.3. The van der Waals surface area contributed by atoms with Gasteiger partial charge in [0.05, 0.1) is 12.1 Å². The van der Waals surface area contributed by atoms with Gasteiger partial charge in [-0.1, -0.05) is 6.92 Å². The van der Waals surface area contributed by atoms with Crippen molar-refractivity contribution >= 4 is 17.6 Å². The molecule has 0 radical (unpaired) electrons. The number of anilines is 1. The van der Waals surface area contributed by atoms with E-state index >= 15 is 0 Å². The van der Waals surface area contributed by atoms with Gasteiger partial charge in [-0.2, -0.15) is 5.10 Å². The van der Waals surface area contributed by atoms with E-state index in [0.717, 1.165) is 5.56 Å². The van der Waals surface area contributed by atoms with E-state index in [1.165, 1.54) is 12.3 Å². The highest BCUT2D eigenvalue weighted by molar-refractivity contribution is 5.93. The van der Waals surface area contributed by atoms with E-state index in [9.17, 15) is 14.7 Å². The number of pyridine rings is 1. The molecule has 0 aliphatic rings. The van der Waals surface area contributed by atoms with Crippen LogP contribution in [0.15, 0.2) is 30.7 Å². The molecule has 0 fully saturated rings. The lowest BCUT2D eigenvalue weighted by molar-refractivity contribution is -0.123. The topological polar surface area (TPSA) is 109 Å². The van der Waals surface area contributed by atoms with Gasteiger partial charge in [0, 0.05) is 31.9 Å². The van der Waals surface area contributed by atoms with Crippen LogP contribution in [0.1, 0.15) is 25.8 Å². The highest BCUT2D eigenvalue weighted by Crippen LogP contribution is 2.19. The van der Waals surface area contributed by atoms with Crippen molar-refractivity contribution in [2.45, 2.75) is 32.7 Å². The van der Waals surface area contributed by atoms with Crippen molar-refractivity contribution in [1.29, 1.82) is 0 Å². The first-order valence-electron chi connectivity index (χ1n) is 8.08. The molecule has 2 atom stereocenters. The highest BCUT2D eigenvalue weighted by Gasteiger charge is 2.22. The summed E-state index contributed by atoms with van der Waals surface area (Å²) in [6.45, 7) is 3.48. The first-order valence-corrected chi connectivity index (χ1v) is 8.08. The monoisotopic (exact) mass is 345 g/mol. The zero-order chi connectivity index (χ0) is 18.4. The molecule has 0 bridgehead atoms. The van der Waals surface area contributed by atoms with Crippen LogP contribution in [0.2, 0.25) is 0 Å². The summed E-state index contributed by atoms with van der Waals surface area (Å²) in [5.74, 6) is -0.930. The molecular formula is C17H23N5O3. The predicted octanol–water partition coefficient (Wildman–Crippen LogP) is 1.23. The van der Waals surface area contributed by atoms with Crippen molar-refractivity contribution in [1.82, 2.24) is 20.1 Å². The first-order chi connectivity index (χ1) is 11.9. The minimum Gasteiger partial charge on any atom is -0.504 e. The number of aryl methyl sites for hydroxylation is 2. The number of nitrogens with one attached hydrogen (secondary N) is 2. The maximum absolute atomic E-state index is 12.2. The standard InChI is InChI=1S/C17H23N5O3/c1-11(17(25)21-16-14(23)5-4-8-18-16)12(2)20-15(24)7-6-13-9-19-22(3)10-13/h4-5,8-12,23H,6-7H2,1-3H3,(H,20,24)(H,18,21,25)/t11-,12+/m1/s1. The van der Waals surface area contributed by atoms with E-state index in [1.54, 1.807) is 30.8 Å². The van der Waals surface area contributed by atoms with Crippen LogP contribution in [-0.2, 0) is 23.1 Å². The summed E-state index contributed by atoms with van der Waals surface area (Å²) >= 11 is 0. The SMILES string of the molecule is C[C@H](NC(=O)CCc1cnn(C)c1)[C@@H](C)C(=O)Nc1ncccc1O. The zero-order valence-electron chi connectivity index (χ0n) is 14.6. The number of amides is 2. The van der Waals surface area contributed by atoms with Gasteiger partial charge >= 0.3 is 0 Å². The Kier molecular flexibility index (Phi) is 6.10. The van der Waals surface area contributed by atoms with Crippen LogP contribution in [0.5, 0.6) is 5.75 Å². The molecule has 0 unspecified atom stereocenters. The molecule has 2 aromatic heterocycles. The molecule has 2 amide bonds.